The number of carbonyl (C=O) groups excluding carboxylic acids is 1. The number of carbonyl (C=O) groups is 1. The normalized spacial score (nSPS) is 43.7. The molecule has 0 aromatic carbocycles. The van der Waals surface area contributed by atoms with E-state index in [0.29, 0.717) is 0 Å². The third kappa shape index (κ3) is 3.28. The number of rotatable bonds is 3. The maximum atomic E-state index is 12.5. The minimum absolute atomic E-state index is 0.0327. The van der Waals surface area contributed by atoms with Crippen LogP contribution in [-0.4, -0.2) is 12.1 Å². The van der Waals surface area contributed by atoms with Gasteiger partial charge in [0.05, 0.1) is 5.41 Å². The van der Waals surface area contributed by atoms with Crippen molar-refractivity contribution in [1.82, 2.24) is 0 Å². The molecule has 0 radical (unpaired) electrons. The minimum atomic E-state index is -0.326. The van der Waals surface area contributed by atoms with Crippen molar-refractivity contribution >= 4 is 5.97 Å². The average molecular weight is 347 g/mol. The molecule has 0 bridgehead atoms. The summed E-state index contributed by atoms with van der Waals surface area (Å²) in [6.45, 7) is 6.14. The highest BCUT2D eigenvalue weighted by molar-refractivity contribution is 5.76. The molecule has 4 rings (SSSR count). The maximum absolute atomic E-state index is 12.5. The summed E-state index contributed by atoms with van der Waals surface area (Å²) < 4.78 is 6.02. The van der Waals surface area contributed by atoms with E-state index in [4.69, 9.17) is 4.74 Å². The van der Waals surface area contributed by atoms with E-state index in [1.54, 1.807) is 0 Å². The fourth-order valence-electron chi connectivity index (χ4n) is 6.96. The fourth-order valence-corrected chi connectivity index (χ4v) is 6.96. The van der Waals surface area contributed by atoms with Gasteiger partial charge in [-0.05, 0) is 107 Å². The third-order valence-electron chi connectivity index (χ3n) is 8.82. The average Bonchev–Trinajstić information content (AvgIpc) is 3.10. The molecule has 0 spiro atoms. The summed E-state index contributed by atoms with van der Waals surface area (Å²) in [4.78, 5) is 12.5. The van der Waals surface area contributed by atoms with Gasteiger partial charge in [-0.3, -0.25) is 4.79 Å². The van der Waals surface area contributed by atoms with Gasteiger partial charge in [0, 0.05) is 0 Å². The SMILES string of the molecule is CCC(C)(C)C(=O)OC1CCC2CCC3C4CCCC4CCC3C2C1. The summed E-state index contributed by atoms with van der Waals surface area (Å²) in [5, 5.41) is 0. The van der Waals surface area contributed by atoms with Crippen molar-refractivity contribution in [2.45, 2.75) is 97.5 Å². The Kier molecular flexibility index (Phi) is 4.92. The molecule has 0 N–H and O–H groups in total. The molecule has 4 fully saturated rings. The van der Waals surface area contributed by atoms with Gasteiger partial charge < -0.3 is 4.74 Å². The van der Waals surface area contributed by atoms with E-state index >= 15 is 0 Å². The van der Waals surface area contributed by atoms with Gasteiger partial charge in [-0.15, -0.1) is 0 Å². The molecule has 2 heteroatoms. The molecule has 0 aliphatic heterocycles. The van der Waals surface area contributed by atoms with E-state index in [0.717, 1.165) is 54.8 Å². The number of esters is 1. The molecule has 0 aromatic heterocycles. The molecule has 7 atom stereocenters. The Bertz CT molecular complexity index is 496. The molecule has 4 saturated carbocycles. The number of hydrogen-bond donors (Lipinski definition) is 0. The lowest BCUT2D eigenvalue weighted by molar-refractivity contribution is -0.165. The zero-order valence-corrected chi connectivity index (χ0v) is 16.6. The number of ether oxygens (including phenoxy) is 1. The maximum Gasteiger partial charge on any atom is 0.311 e. The van der Waals surface area contributed by atoms with Crippen LogP contribution in [0.1, 0.15) is 91.4 Å². The van der Waals surface area contributed by atoms with Crippen LogP contribution in [0.5, 0.6) is 0 Å². The largest absolute Gasteiger partial charge is 0.462 e. The van der Waals surface area contributed by atoms with Crippen molar-refractivity contribution in [3.63, 3.8) is 0 Å². The zero-order valence-electron chi connectivity index (χ0n) is 16.6. The molecule has 0 saturated heterocycles. The van der Waals surface area contributed by atoms with Gasteiger partial charge in [0.2, 0.25) is 0 Å². The van der Waals surface area contributed by atoms with Crippen LogP contribution in [0, 0.1) is 40.9 Å². The van der Waals surface area contributed by atoms with Crippen molar-refractivity contribution in [1.29, 1.82) is 0 Å². The molecule has 0 heterocycles. The highest BCUT2D eigenvalue weighted by Gasteiger charge is 2.50. The standard InChI is InChI=1S/C23H38O2/c1-4-23(2,3)22(24)25-17-11-8-16-10-12-19-18-7-5-6-15(18)9-13-20(19)21(16)14-17/h15-21H,4-14H2,1-3H3. The second-order valence-electron chi connectivity index (χ2n) is 10.3. The van der Waals surface area contributed by atoms with E-state index in [-0.39, 0.29) is 17.5 Å². The molecule has 2 nitrogen and oxygen atoms in total. The Morgan fingerprint density at radius 3 is 2.20 bits per heavy atom. The molecule has 142 valence electrons. The summed E-state index contributed by atoms with van der Waals surface area (Å²) in [5.74, 6) is 5.85. The summed E-state index contributed by atoms with van der Waals surface area (Å²) in [5.41, 5.74) is -0.326. The Morgan fingerprint density at radius 1 is 0.840 bits per heavy atom. The third-order valence-corrected chi connectivity index (χ3v) is 8.82. The second kappa shape index (κ2) is 6.89. The molecular formula is C23H38O2. The van der Waals surface area contributed by atoms with Crippen molar-refractivity contribution in [3.8, 4) is 0 Å². The summed E-state index contributed by atoms with van der Waals surface area (Å²) in [6.07, 6.45) is 15.0. The fraction of sp³-hybridized carbons (Fsp3) is 0.957. The molecule has 7 unspecified atom stereocenters. The molecule has 25 heavy (non-hydrogen) atoms. The van der Waals surface area contributed by atoms with Gasteiger partial charge in [-0.1, -0.05) is 19.8 Å². The van der Waals surface area contributed by atoms with Crippen LogP contribution < -0.4 is 0 Å². The Labute approximate surface area is 154 Å². The topological polar surface area (TPSA) is 26.3 Å². The highest BCUT2D eigenvalue weighted by atomic mass is 16.5. The Hall–Kier alpha value is -0.530. The quantitative estimate of drug-likeness (QED) is 0.587. The molecule has 0 aromatic rings. The Morgan fingerprint density at radius 2 is 1.48 bits per heavy atom. The minimum Gasteiger partial charge on any atom is -0.462 e. The lowest BCUT2D eigenvalue weighted by Crippen LogP contribution is -2.46. The van der Waals surface area contributed by atoms with Crippen molar-refractivity contribution in [3.05, 3.63) is 0 Å². The van der Waals surface area contributed by atoms with Crippen LogP contribution >= 0.6 is 0 Å². The second-order valence-corrected chi connectivity index (χ2v) is 10.3. The predicted molar refractivity (Wildman–Crippen MR) is 101 cm³/mol. The van der Waals surface area contributed by atoms with Crippen LogP contribution in [0.25, 0.3) is 0 Å². The van der Waals surface area contributed by atoms with Crippen LogP contribution in [-0.2, 0) is 9.53 Å². The first-order chi connectivity index (χ1) is 12.0. The first-order valence-corrected chi connectivity index (χ1v) is 11.2. The van der Waals surface area contributed by atoms with Gasteiger partial charge in [-0.25, -0.2) is 0 Å². The van der Waals surface area contributed by atoms with Crippen molar-refractivity contribution in [2.75, 3.05) is 0 Å². The lowest BCUT2D eigenvalue weighted by atomic mass is 9.53. The zero-order chi connectivity index (χ0) is 17.6. The van der Waals surface area contributed by atoms with Gasteiger partial charge in [0.25, 0.3) is 0 Å². The molecule has 4 aliphatic carbocycles. The molecule has 0 amide bonds. The summed E-state index contributed by atoms with van der Waals surface area (Å²) >= 11 is 0. The van der Waals surface area contributed by atoms with E-state index < -0.39 is 0 Å². The van der Waals surface area contributed by atoms with Crippen LogP contribution in [0.15, 0.2) is 0 Å². The molecular weight excluding hydrogens is 308 g/mol. The first kappa shape index (κ1) is 17.9. The Balaban J connectivity index is 1.42. The number of hydrogen-bond acceptors (Lipinski definition) is 2. The van der Waals surface area contributed by atoms with Gasteiger partial charge >= 0.3 is 5.97 Å². The smallest absolute Gasteiger partial charge is 0.311 e. The van der Waals surface area contributed by atoms with Crippen LogP contribution in [0.2, 0.25) is 0 Å². The summed E-state index contributed by atoms with van der Waals surface area (Å²) in [6, 6.07) is 0. The van der Waals surface area contributed by atoms with Gasteiger partial charge in [-0.2, -0.15) is 0 Å². The highest BCUT2D eigenvalue weighted by Crippen LogP contribution is 2.58. The van der Waals surface area contributed by atoms with E-state index in [9.17, 15) is 4.79 Å². The van der Waals surface area contributed by atoms with E-state index in [2.05, 4.69) is 6.92 Å². The lowest BCUT2D eigenvalue weighted by Gasteiger charge is -2.52. The van der Waals surface area contributed by atoms with E-state index in [1.807, 2.05) is 13.8 Å². The number of fused-ring (bicyclic) bond motifs is 5. The van der Waals surface area contributed by atoms with Crippen LogP contribution in [0.3, 0.4) is 0 Å². The monoisotopic (exact) mass is 346 g/mol. The van der Waals surface area contributed by atoms with Crippen molar-refractivity contribution < 1.29 is 9.53 Å². The summed E-state index contributed by atoms with van der Waals surface area (Å²) in [7, 11) is 0. The first-order valence-electron chi connectivity index (χ1n) is 11.2. The predicted octanol–water partition coefficient (Wildman–Crippen LogP) is 5.99. The molecule has 4 aliphatic rings. The van der Waals surface area contributed by atoms with Crippen LogP contribution in [0.4, 0.5) is 0 Å². The van der Waals surface area contributed by atoms with Gasteiger partial charge in [0.15, 0.2) is 0 Å². The van der Waals surface area contributed by atoms with Crippen molar-refractivity contribution in [2.24, 2.45) is 40.9 Å². The van der Waals surface area contributed by atoms with E-state index in [1.165, 1.54) is 51.4 Å². The van der Waals surface area contributed by atoms with Gasteiger partial charge in [0.1, 0.15) is 6.10 Å².